The highest BCUT2D eigenvalue weighted by Crippen LogP contribution is 2.12. The zero-order valence-corrected chi connectivity index (χ0v) is 8.36. The molecule has 1 rings (SSSR count). The van der Waals surface area contributed by atoms with Crippen LogP contribution in [0.3, 0.4) is 0 Å². The number of halogens is 2. The first-order valence-electron chi connectivity index (χ1n) is 3.49. The number of nitrogens with one attached hydrogen (secondary N) is 1. The lowest BCUT2D eigenvalue weighted by Crippen LogP contribution is -2.06. The van der Waals surface area contributed by atoms with E-state index in [4.69, 9.17) is 0 Å². The maximum atomic E-state index is 12.9. The third-order valence-electron chi connectivity index (χ3n) is 1.29. The summed E-state index contributed by atoms with van der Waals surface area (Å²) in [6.45, 7) is 0. The Morgan fingerprint density at radius 2 is 2.21 bits per heavy atom. The molecule has 0 saturated carbocycles. The molecule has 1 aromatic rings. The molecule has 74 valence electrons. The van der Waals surface area contributed by atoms with E-state index in [2.05, 4.69) is 26.5 Å². The second-order valence-corrected chi connectivity index (χ2v) is 2.94. The summed E-state index contributed by atoms with van der Waals surface area (Å²) >= 11 is 2.59. The highest BCUT2D eigenvalue weighted by molar-refractivity contribution is 9.18. The zero-order chi connectivity index (χ0) is 10.6. The summed E-state index contributed by atoms with van der Waals surface area (Å²) in [6.07, 6.45) is 0. The van der Waals surface area contributed by atoms with E-state index in [1.165, 1.54) is 18.2 Å². The van der Waals surface area contributed by atoms with Gasteiger partial charge >= 0.3 is 4.74 Å². The molecule has 0 aliphatic heterocycles. The van der Waals surface area contributed by atoms with Crippen molar-refractivity contribution < 1.29 is 9.31 Å². The molecular formula is C7H5BrFN3O2. The van der Waals surface area contributed by atoms with E-state index in [0.29, 0.717) is 0 Å². The van der Waals surface area contributed by atoms with E-state index in [-0.39, 0.29) is 5.69 Å². The van der Waals surface area contributed by atoms with Gasteiger partial charge in [0.15, 0.2) is 0 Å². The van der Waals surface area contributed by atoms with Gasteiger partial charge < -0.3 is 10.1 Å². The maximum absolute atomic E-state index is 12.9. The number of anilines is 1. The Morgan fingerprint density at radius 1 is 1.57 bits per heavy atom. The third-order valence-corrected chi connectivity index (χ3v) is 1.76. The van der Waals surface area contributed by atoms with Gasteiger partial charge in [0.25, 0.3) is 0 Å². The molecular weight excluding hydrogens is 257 g/mol. The standard InChI is InChI=1S/C7H5BrFN3O2/c8-7(12(13)14)11-10-6-4-2-1-3-5(6)9/h1-4,10H/b11-7-. The van der Waals surface area contributed by atoms with Crippen molar-refractivity contribution in [3.05, 3.63) is 40.2 Å². The second-order valence-electron chi connectivity index (χ2n) is 2.23. The zero-order valence-electron chi connectivity index (χ0n) is 6.78. The predicted molar refractivity (Wildman–Crippen MR) is 53.4 cm³/mol. The number of hydrogen-bond acceptors (Lipinski definition) is 4. The highest BCUT2D eigenvalue weighted by Gasteiger charge is 2.07. The molecule has 0 heterocycles. The van der Waals surface area contributed by atoms with Crippen molar-refractivity contribution in [2.24, 2.45) is 5.10 Å². The van der Waals surface area contributed by atoms with Gasteiger partial charge in [0.2, 0.25) is 0 Å². The van der Waals surface area contributed by atoms with Gasteiger partial charge in [0, 0.05) is 0 Å². The number of nitro groups is 1. The number of rotatable bonds is 2. The highest BCUT2D eigenvalue weighted by atomic mass is 79.9. The van der Waals surface area contributed by atoms with Crippen LogP contribution in [0, 0.1) is 15.9 Å². The fraction of sp³-hybridized carbons (Fsp3) is 0. The first kappa shape index (κ1) is 10.6. The van der Waals surface area contributed by atoms with E-state index < -0.39 is 15.5 Å². The molecule has 1 N–H and O–H groups in total. The van der Waals surface area contributed by atoms with Gasteiger partial charge in [-0.25, -0.2) is 4.39 Å². The van der Waals surface area contributed by atoms with Gasteiger partial charge in [-0.2, -0.15) is 5.43 Å². The van der Waals surface area contributed by atoms with Crippen LogP contribution >= 0.6 is 15.9 Å². The Balaban J connectivity index is 2.76. The molecule has 0 aliphatic carbocycles. The van der Waals surface area contributed by atoms with E-state index in [0.717, 1.165) is 0 Å². The molecule has 7 heteroatoms. The molecule has 1 aromatic carbocycles. The van der Waals surface area contributed by atoms with Crippen molar-refractivity contribution >= 4 is 26.4 Å². The van der Waals surface area contributed by atoms with Crippen LogP contribution in [-0.2, 0) is 0 Å². The van der Waals surface area contributed by atoms with Gasteiger partial charge in [-0.3, -0.25) is 0 Å². The lowest BCUT2D eigenvalue weighted by molar-refractivity contribution is -0.342. The average Bonchev–Trinajstić information content (AvgIpc) is 2.16. The summed E-state index contributed by atoms with van der Waals surface area (Å²) < 4.78 is 12.4. The Morgan fingerprint density at radius 3 is 2.79 bits per heavy atom. The molecule has 0 fully saturated rings. The second kappa shape index (κ2) is 4.66. The molecule has 0 unspecified atom stereocenters. The quantitative estimate of drug-likeness (QED) is 0.292. The van der Waals surface area contributed by atoms with Gasteiger partial charge in [0.1, 0.15) is 11.5 Å². The topological polar surface area (TPSA) is 67.5 Å². The van der Waals surface area contributed by atoms with Gasteiger partial charge in [-0.1, -0.05) is 12.1 Å². The summed E-state index contributed by atoms with van der Waals surface area (Å²) in [4.78, 5) is 9.36. The minimum Gasteiger partial charge on any atom is -0.357 e. The van der Waals surface area contributed by atoms with Crippen molar-refractivity contribution in [2.75, 3.05) is 5.43 Å². The first-order chi connectivity index (χ1) is 6.61. The predicted octanol–water partition coefficient (Wildman–Crippen LogP) is 2.18. The van der Waals surface area contributed by atoms with Gasteiger partial charge in [-0.15, -0.1) is 0 Å². The van der Waals surface area contributed by atoms with Crippen LogP contribution < -0.4 is 5.43 Å². The van der Waals surface area contributed by atoms with Crippen molar-refractivity contribution in [2.45, 2.75) is 0 Å². The van der Waals surface area contributed by atoms with E-state index in [9.17, 15) is 14.5 Å². The number of para-hydroxylation sites is 1. The summed E-state index contributed by atoms with van der Waals surface area (Å²) in [7, 11) is 0. The van der Waals surface area contributed by atoms with Crippen molar-refractivity contribution in [1.82, 2.24) is 0 Å². The van der Waals surface area contributed by atoms with Crippen LogP contribution in [0.4, 0.5) is 10.1 Å². The number of benzene rings is 1. The summed E-state index contributed by atoms with van der Waals surface area (Å²) in [5.74, 6) is -0.528. The number of hydrazone groups is 1. The number of nitrogens with zero attached hydrogens (tertiary/aromatic N) is 2. The lowest BCUT2D eigenvalue weighted by Gasteiger charge is -1.96. The van der Waals surface area contributed by atoms with Crippen LogP contribution in [0.25, 0.3) is 0 Å². The normalized spacial score (nSPS) is 11.1. The molecule has 0 bridgehead atoms. The molecule has 0 radical (unpaired) electrons. The molecule has 0 saturated heterocycles. The van der Waals surface area contributed by atoms with Crippen LogP contribution in [0.15, 0.2) is 29.4 Å². The summed E-state index contributed by atoms with van der Waals surface area (Å²) in [5, 5.41) is 13.4. The van der Waals surface area contributed by atoms with Crippen LogP contribution in [0.5, 0.6) is 0 Å². The van der Waals surface area contributed by atoms with Crippen LogP contribution in [-0.4, -0.2) is 9.67 Å². The van der Waals surface area contributed by atoms with Crippen LogP contribution in [0.1, 0.15) is 0 Å². The Kier molecular flexibility index (Phi) is 3.52. The Bertz CT molecular complexity index is 383. The largest absolute Gasteiger partial charge is 0.430 e. The van der Waals surface area contributed by atoms with E-state index in [1.54, 1.807) is 6.07 Å². The fourth-order valence-corrected chi connectivity index (χ4v) is 0.788. The summed E-state index contributed by atoms with van der Waals surface area (Å²) in [6, 6.07) is 5.73. The smallest absolute Gasteiger partial charge is 0.357 e. The number of hydrogen-bond donors (Lipinski definition) is 1. The average molecular weight is 262 g/mol. The monoisotopic (exact) mass is 261 g/mol. The van der Waals surface area contributed by atoms with E-state index >= 15 is 0 Å². The van der Waals surface area contributed by atoms with Crippen molar-refractivity contribution in [3.63, 3.8) is 0 Å². The fourth-order valence-electron chi connectivity index (χ4n) is 0.699. The van der Waals surface area contributed by atoms with Gasteiger partial charge in [-0.05, 0) is 17.1 Å². The molecule has 0 atom stereocenters. The Labute approximate surface area is 86.9 Å². The summed E-state index contributed by atoms with van der Waals surface area (Å²) in [5.41, 5.74) is 2.29. The molecule has 0 aromatic heterocycles. The lowest BCUT2D eigenvalue weighted by atomic mass is 10.3. The van der Waals surface area contributed by atoms with Crippen molar-refractivity contribution in [1.29, 1.82) is 0 Å². The van der Waals surface area contributed by atoms with E-state index in [1.807, 2.05) is 0 Å². The molecule has 0 aliphatic rings. The minimum absolute atomic E-state index is 0.0753. The van der Waals surface area contributed by atoms with Gasteiger partial charge in [0.05, 0.1) is 21.0 Å². The molecule has 0 amide bonds. The molecule has 0 spiro atoms. The SMILES string of the molecule is O=[N+]([O-])/C(Br)=N\Nc1ccccc1F. The van der Waals surface area contributed by atoms with Crippen LogP contribution in [0.2, 0.25) is 0 Å². The minimum atomic E-state index is -0.742. The molecule has 14 heavy (non-hydrogen) atoms. The maximum Gasteiger partial charge on any atom is 0.430 e. The Hall–Kier alpha value is -1.50. The molecule has 5 nitrogen and oxygen atoms in total. The number of amidine groups is 1. The van der Waals surface area contributed by atoms with Crippen molar-refractivity contribution in [3.8, 4) is 0 Å². The third kappa shape index (κ3) is 2.77. The first-order valence-corrected chi connectivity index (χ1v) is 4.28.